The second-order valence-electron chi connectivity index (χ2n) is 2.92. The van der Waals surface area contributed by atoms with Gasteiger partial charge in [0.2, 0.25) is 0 Å². The largest absolute Gasteiger partial charge is 0.510 e. The molecule has 0 fully saturated rings. The van der Waals surface area contributed by atoms with Crippen LogP contribution in [0.5, 0.6) is 0 Å². The Morgan fingerprint density at radius 1 is 1.47 bits per heavy atom. The SMILES string of the molecule is OB(O)c1nn(PI)c2cc(F)ccc12. The average molecular weight is 338 g/mol. The summed E-state index contributed by atoms with van der Waals surface area (Å²) in [6.07, 6.45) is 0.280. The van der Waals surface area contributed by atoms with E-state index < -0.39 is 7.12 Å². The Hall–Kier alpha value is -0.235. The van der Waals surface area contributed by atoms with Crippen molar-refractivity contribution in [2.24, 2.45) is 0 Å². The summed E-state index contributed by atoms with van der Waals surface area (Å²) in [5.74, 6) is -0.364. The number of hydrogen-bond donors (Lipinski definition) is 2. The van der Waals surface area contributed by atoms with E-state index in [0.717, 1.165) is 0 Å². The standard InChI is InChI=1S/C7H6BFIN2O2P/c9-4-1-2-5-6(3-4)12(15-10)11-7(5)8(13)14/h1-3,13-15H. The number of aromatic nitrogens is 2. The fourth-order valence-electron chi connectivity index (χ4n) is 1.37. The number of halogens is 2. The highest BCUT2D eigenvalue weighted by Gasteiger charge is 2.20. The smallest absolute Gasteiger partial charge is 0.422 e. The molecule has 2 rings (SSSR count). The van der Waals surface area contributed by atoms with Gasteiger partial charge < -0.3 is 10.0 Å². The molecular formula is C7H6BFIN2O2P. The first-order chi connectivity index (χ1) is 7.13. The van der Waals surface area contributed by atoms with Gasteiger partial charge in [-0.3, -0.25) is 0 Å². The van der Waals surface area contributed by atoms with Gasteiger partial charge in [0.15, 0.2) is 0 Å². The van der Waals surface area contributed by atoms with Crippen LogP contribution in [-0.4, -0.2) is 26.7 Å². The molecule has 0 bridgehead atoms. The maximum atomic E-state index is 13.0. The summed E-state index contributed by atoms with van der Waals surface area (Å²) >= 11 is 2.09. The highest BCUT2D eigenvalue weighted by atomic mass is 127. The summed E-state index contributed by atoms with van der Waals surface area (Å²) in [4.78, 5) is 0. The minimum Gasteiger partial charge on any atom is -0.422 e. The van der Waals surface area contributed by atoms with Gasteiger partial charge in [-0.2, -0.15) is 5.10 Å². The maximum absolute atomic E-state index is 13.0. The van der Waals surface area contributed by atoms with E-state index >= 15 is 0 Å². The Morgan fingerprint density at radius 2 is 2.20 bits per heavy atom. The Kier molecular flexibility index (Phi) is 3.25. The molecule has 2 aromatic rings. The zero-order chi connectivity index (χ0) is 11.0. The van der Waals surface area contributed by atoms with Crippen molar-refractivity contribution < 1.29 is 14.4 Å². The van der Waals surface area contributed by atoms with Gasteiger partial charge in [0.05, 0.1) is 11.9 Å². The average Bonchev–Trinajstić information content (AvgIpc) is 2.55. The van der Waals surface area contributed by atoms with E-state index in [1.807, 2.05) is 0 Å². The summed E-state index contributed by atoms with van der Waals surface area (Å²) in [5, 5.41) is 22.7. The molecule has 4 nitrogen and oxygen atoms in total. The first-order valence-electron chi connectivity index (χ1n) is 4.04. The second kappa shape index (κ2) is 4.33. The molecule has 0 saturated carbocycles. The molecule has 0 aliphatic rings. The van der Waals surface area contributed by atoms with Gasteiger partial charge in [0.1, 0.15) is 11.4 Å². The Bertz CT molecular complexity index is 507. The van der Waals surface area contributed by atoms with Crippen LogP contribution in [0, 0.1) is 5.82 Å². The van der Waals surface area contributed by atoms with Crippen LogP contribution in [0.15, 0.2) is 18.2 Å². The molecule has 0 aliphatic carbocycles. The summed E-state index contributed by atoms with van der Waals surface area (Å²) < 4.78 is 14.5. The number of fused-ring (bicyclic) bond motifs is 1. The quantitative estimate of drug-likeness (QED) is 0.480. The molecule has 8 heteroatoms. The van der Waals surface area contributed by atoms with E-state index in [4.69, 9.17) is 10.0 Å². The minimum absolute atomic E-state index is 0.161. The lowest BCUT2D eigenvalue weighted by atomic mass is 9.84. The van der Waals surface area contributed by atoms with Crippen molar-refractivity contribution in [3.63, 3.8) is 0 Å². The van der Waals surface area contributed by atoms with Crippen LogP contribution in [0.2, 0.25) is 0 Å². The summed E-state index contributed by atoms with van der Waals surface area (Å²) in [7, 11) is -1.63. The molecule has 1 aromatic carbocycles. The highest BCUT2D eigenvalue weighted by molar-refractivity contribution is 14.2. The van der Waals surface area contributed by atoms with E-state index in [0.29, 0.717) is 10.9 Å². The Labute approximate surface area is 99.9 Å². The molecule has 1 heterocycles. The van der Waals surface area contributed by atoms with Gasteiger partial charge in [-0.25, -0.2) is 8.84 Å². The fraction of sp³-hybridized carbons (Fsp3) is 0. The predicted octanol–water partition coefficient (Wildman–Crippen LogP) is 0.647. The van der Waals surface area contributed by atoms with E-state index in [1.54, 1.807) is 4.45 Å². The minimum atomic E-state index is -1.63. The molecular weight excluding hydrogens is 332 g/mol. The van der Waals surface area contributed by atoms with Gasteiger partial charge in [-0.05, 0) is 34.2 Å². The predicted molar refractivity (Wildman–Crippen MR) is 67.2 cm³/mol. The summed E-state index contributed by atoms with van der Waals surface area (Å²) in [5.41, 5.74) is 0.736. The molecule has 0 spiro atoms. The van der Waals surface area contributed by atoms with Crippen molar-refractivity contribution in [1.29, 1.82) is 0 Å². The Morgan fingerprint density at radius 3 is 2.80 bits per heavy atom. The second-order valence-corrected chi connectivity index (χ2v) is 4.96. The molecule has 0 amide bonds. The van der Waals surface area contributed by atoms with Gasteiger partial charge in [-0.15, -0.1) is 0 Å². The molecule has 2 N–H and O–H groups in total. The highest BCUT2D eigenvalue weighted by Crippen LogP contribution is 2.27. The third-order valence-electron chi connectivity index (χ3n) is 2.00. The molecule has 0 saturated heterocycles. The molecule has 1 aromatic heterocycles. The zero-order valence-electron chi connectivity index (χ0n) is 7.35. The normalized spacial score (nSPS) is 11.7. The third kappa shape index (κ3) is 2.01. The molecule has 1 unspecified atom stereocenters. The van der Waals surface area contributed by atoms with Crippen molar-refractivity contribution in [1.82, 2.24) is 9.55 Å². The number of nitrogens with zero attached hydrogens (tertiary/aromatic N) is 2. The first-order valence-corrected chi connectivity index (χ1v) is 8.10. The molecule has 15 heavy (non-hydrogen) atoms. The molecule has 0 aliphatic heterocycles. The lowest BCUT2D eigenvalue weighted by Gasteiger charge is -1.95. The molecule has 78 valence electrons. The zero-order valence-corrected chi connectivity index (χ0v) is 10.5. The lowest BCUT2D eigenvalue weighted by molar-refractivity contribution is 0.424. The van der Waals surface area contributed by atoms with Crippen molar-refractivity contribution >= 4 is 52.0 Å². The van der Waals surface area contributed by atoms with Crippen LogP contribution < -0.4 is 5.59 Å². The van der Waals surface area contributed by atoms with Gasteiger partial charge in [-0.1, -0.05) is 0 Å². The fourth-order valence-corrected chi connectivity index (χ4v) is 2.89. The monoisotopic (exact) mass is 338 g/mol. The Balaban J connectivity index is 2.75. The van der Waals surface area contributed by atoms with E-state index in [2.05, 4.69) is 27.1 Å². The van der Waals surface area contributed by atoms with Gasteiger partial charge in [0, 0.05) is 11.5 Å². The van der Waals surface area contributed by atoms with E-state index in [1.165, 1.54) is 18.2 Å². The number of hydrogen-bond acceptors (Lipinski definition) is 3. The van der Waals surface area contributed by atoms with Crippen molar-refractivity contribution in [2.45, 2.75) is 0 Å². The summed E-state index contributed by atoms with van der Waals surface area (Å²) in [6, 6.07) is 4.11. The van der Waals surface area contributed by atoms with E-state index in [-0.39, 0.29) is 17.8 Å². The van der Waals surface area contributed by atoms with E-state index in [9.17, 15) is 4.39 Å². The van der Waals surface area contributed by atoms with Crippen molar-refractivity contribution in [2.75, 3.05) is 0 Å². The molecule has 1 atom stereocenters. The third-order valence-corrected chi connectivity index (χ3v) is 3.87. The molecule has 0 radical (unpaired) electrons. The van der Waals surface area contributed by atoms with Crippen LogP contribution in [0.3, 0.4) is 0 Å². The van der Waals surface area contributed by atoms with Gasteiger partial charge in [0.25, 0.3) is 0 Å². The van der Waals surface area contributed by atoms with Crippen molar-refractivity contribution in [3.8, 4) is 0 Å². The van der Waals surface area contributed by atoms with Crippen LogP contribution in [0.1, 0.15) is 0 Å². The lowest BCUT2D eigenvalue weighted by Crippen LogP contribution is -2.31. The number of rotatable bonds is 2. The summed E-state index contributed by atoms with van der Waals surface area (Å²) in [6.45, 7) is 0. The van der Waals surface area contributed by atoms with Crippen LogP contribution in [-0.2, 0) is 0 Å². The first kappa shape index (κ1) is 11.3. The van der Waals surface area contributed by atoms with Crippen LogP contribution in [0.25, 0.3) is 10.9 Å². The van der Waals surface area contributed by atoms with Crippen molar-refractivity contribution in [3.05, 3.63) is 24.0 Å². The van der Waals surface area contributed by atoms with Crippen LogP contribution >= 0.6 is 28.4 Å². The maximum Gasteiger partial charge on any atom is 0.510 e. The number of benzene rings is 1. The van der Waals surface area contributed by atoms with Gasteiger partial charge >= 0.3 is 7.12 Å². The topological polar surface area (TPSA) is 58.3 Å². The van der Waals surface area contributed by atoms with Crippen LogP contribution in [0.4, 0.5) is 4.39 Å².